The van der Waals surface area contributed by atoms with Crippen molar-refractivity contribution < 1.29 is 9.84 Å². The van der Waals surface area contributed by atoms with Crippen LogP contribution < -0.4 is 5.73 Å². The van der Waals surface area contributed by atoms with Crippen molar-refractivity contribution in [3.8, 4) is 0 Å². The van der Waals surface area contributed by atoms with E-state index < -0.39 is 6.10 Å². The molecule has 0 aliphatic rings. The SMILES string of the molecule is CC[C@@H](OC[C@@H](O)CN)c1ccccc1. The van der Waals surface area contributed by atoms with Crippen LogP contribution >= 0.6 is 0 Å². The Hall–Kier alpha value is -0.900. The molecule has 0 aliphatic heterocycles. The molecule has 0 spiro atoms. The lowest BCUT2D eigenvalue weighted by Gasteiger charge is -2.18. The number of rotatable bonds is 6. The van der Waals surface area contributed by atoms with Gasteiger partial charge in [0.1, 0.15) is 0 Å². The van der Waals surface area contributed by atoms with Crippen molar-refractivity contribution in [1.29, 1.82) is 0 Å². The Morgan fingerprint density at radius 2 is 2.00 bits per heavy atom. The normalized spacial score (nSPS) is 14.9. The molecule has 1 aromatic carbocycles. The summed E-state index contributed by atoms with van der Waals surface area (Å²) in [6.07, 6.45) is 0.372. The summed E-state index contributed by atoms with van der Waals surface area (Å²) in [5.41, 5.74) is 6.45. The summed E-state index contributed by atoms with van der Waals surface area (Å²) < 4.78 is 5.60. The molecule has 2 atom stereocenters. The fraction of sp³-hybridized carbons (Fsp3) is 0.500. The average molecular weight is 209 g/mol. The molecule has 1 aromatic rings. The zero-order valence-electron chi connectivity index (χ0n) is 9.10. The molecule has 0 saturated heterocycles. The van der Waals surface area contributed by atoms with Gasteiger partial charge in [-0.15, -0.1) is 0 Å². The van der Waals surface area contributed by atoms with E-state index in [9.17, 15) is 5.11 Å². The molecule has 0 aliphatic carbocycles. The number of benzene rings is 1. The van der Waals surface area contributed by atoms with Crippen molar-refractivity contribution >= 4 is 0 Å². The summed E-state index contributed by atoms with van der Waals surface area (Å²) in [5.74, 6) is 0. The van der Waals surface area contributed by atoms with Gasteiger partial charge in [-0.25, -0.2) is 0 Å². The summed E-state index contributed by atoms with van der Waals surface area (Å²) in [6, 6.07) is 10.0. The Bertz CT molecular complexity index is 264. The first-order valence-corrected chi connectivity index (χ1v) is 5.32. The van der Waals surface area contributed by atoms with Crippen molar-refractivity contribution in [2.45, 2.75) is 25.6 Å². The minimum Gasteiger partial charge on any atom is -0.389 e. The first-order chi connectivity index (χ1) is 7.27. The molecule has 15 heavy (non-hydrogen) atoms. The van der Waals surface area contributed by atoms with E-state index in [1.54, 1.807) is 0 Å². The molecule has 0 bridgehead atoms. The van der Waals surface area contributed by atoms with Crippen molar-refractivity contribution in [2.24, 2.45) is 5.73 Å². The number of hydrogen-bond acceptors (Lipinski definition) is 3. The number of hydrogen-bond donors (Lipinski definition) is 2. The first-order valence-electron chi connectivity index (χ1n) is 5.32. The van der Waals surface area contributed by atoms with Crippen LogP contribution in [0.4, 0.5) is 0 Å². The summed E-state index contributed by atoms with van der Waals surface area (Å²) in [5, 5.41) is 9.30. The van der Waals surface area contributed by atoms with Crippen LogP contribution in [-0.4, -0.2) is 24.4 Å². The summed E-state index contributed by atoms with van der Waals surface area (Å²) >= 11 is 0. The van der Waals surface area contributed by atoms with Gasteiger partial charge in [-0.1, -0.05) is 37.3 Å². The molecule has 0 saturated carbocycles. The van der Waals surface area contributed by atoms with E-state index in [1.807, 2.05) is 30.3 Å². The highest BCUT2D eigenvalue weighted by Gasteiger charge is 2.11. The van der Waals surface area contributed by atoms with Gasteiger partial charge in [0.2, 0.25) is 0 Å². The second kappa shape index (κ2) is 6.56. The van der Waals surface area contributed by atoms with Gasteiger partial charge >= 0.3 is 0 Å². The van der Waals surface area contributed by atoms with E-state index in [4.69, 9.17) is 10.5 Å². The van der Waals surface area contributed by atoms with E-state index in [-0.39, 0.29) is 12.6 Å². The molecule has 0 amide bonds. The molecule has 3 nitrogen and oxygen atoms in total. The number of ether oxygens (including phenoxy) is 1. The largest absolute Gasteiger partial charge is 0.389 e. The molecule has 3 N–H and O–H groups in total. The van der Waals surface area contributed by atoms with E-state index in [0.29, 0.717) is 6.61 Å². The van der Waals surface area contributed by atoms with E-state index in [1.165, 1.54) is 0 Å². The Balaban J connectivity index is 2.50. The smallest absolute Gasteiger partial charge is 0.0895 e. The highest BCUT2D eigenvalue weighted by atomic mass is 16.5. The highest BCUT2D eigenvalue weighted by Crippen LogP contribution is 2.20. The summed E-state index contributed by atoms with van der Waals surface area (Å²) in [7, 11) is 0. The van der Waals surface area contributed by atoms with Gasteiger partial charge in [0.25, 0.3) is 0 Å². The van der Waals surface area contributed by atoms with Gasteiger partial charge in [-0.05, 0) is 12.0 Å². The predicted molar refractivity (Wildman–Crippen MR) is 60.5 cm³/mol. The first kappa shape index (κ1) is 12.2. The highest BCUT2D eigenvalue weighted by molar-refractivity contribution is 5.17. The third kappa shape index (κ3) is 4.00. The molecular formula is C12H19NO2. The molecular weight excluding hydrogens is 190 g/mol. The van der Waals surface area contributed by atoms with Crippen molar-refractivity contribution in [1.82, 2.24) is 0 Å². The minimum atomic E-state index is -0.567. The average Bonchev–Trinajstić information content (AvgIpc) is 2.31. The Labute approximate surface area is 90.9 Å². The predicted octanol–water partition coefficient (Wildman–Crippen LogP) is 1.47. The summed E-state index contributed by atoms with van der Waals surface area (Å²) in [4.78, 5) is 0. The lowest BCUT2D eigenvalue weighted by atomic mass is 10.1. The topological polar surface area (TPSA) is 55.5 Å². The van der Waals surface area contributed by atoms with Gasteiger partial charge in [0.15, 0.2) is 0 Å². The number of aliphatic hydroxyl groups excluding tert-OH is 1. The maximum atomic E-state index is 9.30. The molecule has 0 fully saturated rings. The Morgan fingerprint density at radius 1 is 1.33 bits per heavy atom. The molecule has 84 valence electrons. The van der Waals surface area contributed by atoms with Crippen molar-refractivity contribution in [2.75, 3.05) is 13.2 Å². The molecule has 0 unspecified atom stereocenters. The van der Waals surface area contributed by atoms with Gasteiger partial charge in [-0.2, -0.15) is 0 Å². The van der Waals surface area contributed by atoms with Crippen LogP contribution in [0.1, 0.15) is 25.0 Å². The van der Waals surface area contributed by atoms with Crippen molar-refractivity contribution in [3.05, 3.63) is 35.9 Å². The third-order valence-corrected chi connectivity index (χ3v) is 2.30. The number of nitrogens with two attached hydrogens (primary N) is 1. The molecule has 0 radical (unpaired) electrons. The standard InChI is InChI=1S/C12H19NO2/c1-2-12(15-9-11(14)8-13)10-6-4-3-5-7-10/h3-7,11-12,14H,2,8-9,13H2,1H3/t11-,12+/m0/s1. The maximum absolute atomic E-state index is 9.30. The fourth-order valence-corrected chi connectivity index (χ4v) is 1.41. The third-order valence-electron chi connectivity index (χ3n) is 2.30. The van der Waals surface area contributed by atoms with Crippen molar-refractivity contribution in [3.63, 3.8) is 0 Å². The van der Waals surface area contributed by atoms with Crippen LogP contribution in [0.25, 0.3) is 0 Å². The van der Waals surface area contributed by atoms with E-state index in [2.05, 4.69) is 6.92 Å². The van der Waals surface area contributed by atoms with Gasteiger partial charge in [-0.3, -0.25) is 0 Å². The lowest BCUT2D eigenvalue weighted by Crippen LogP contribution is -2.26. The number of aliphatic hydroxyl groups is 1. The minimum absolute atomic E-state index is 0.0485. The second-order valence-corrected chi connectivity index (χ2v) is 3.53. The van der Waals surface area contributed by atoms with E-state index in [0.717, 1.165) is 12.0 Å². The van der Waals surface area contributed by atoms with Gasteiger partial charge in [0, 0.05) is 6.54 Å². The van der Waals surface area contributed by atoms with Crippen LogP contribution in [0.3, 0.4) is 0 Å². The van der Waals surface area contributed by atoms with Crippen LogP contribution in [0, 0.1) is 0 Å². The quantitative estimate of drug-likeness (QED) is 0.746. The van der Waals surface area contributed by atoms with Crippen LogP contribution in [0.5, 0.6) is 0 Å². The monoisotopic (exact) mass is 209 g/mol. The molecule has 0 heterocycles. The van der Waals surface area contributed by atoms with Gasteiger partial charge < -0.3 is 15.6 Å². The Morgan fingerprint density at radius 3 is 2.53 bits per heavy atom. The maximum Gasteiger partial charge on any atom is 0.0895 e. The second-order valence-electron chi connectivity index (χ2n) is 3.53. The fourth-order valence-electron chi connectivity index (χ4n) is 1.41. The molecule has 3 heteroatoms. The zero-order valence-corrected chi connectivity index (χ0v) is 9.10. The van der Waals surface area contributed by atoms with E-state index >= 15 is 0 Å². The molecule has 1 rings (SSSR count). The molecule has 0 aromatic heterocycles. The Kier molecular flexibility index (Phi) is 5.32. The van der Waals surface area contributed by atoms with Gasteiger partial charge in [0.05, 0.1) is 18.8 Å². The van der Waals surface area contributed by atoms with Crippen LogP contribution in [-0.2, 0) is 4.74 Å². The van der Waals surface area contributed by atoms with Crippen LogP contribution in [0.15, 0.2) is 30.3 Å². The summed E-state index contributed by atoms with van der Waals surface area (Å²) in [6.45, 7) is 2.60. The lowest BCUT2D eigenvalue weighted by molar-refractivity contribution is -0.00863. The zero-order chi connectivity index (χ0) is 11.1. The van der Waals surface area contributed by atoms with Crippen LogP contribution in [0.2, 0.25) is 0 Å².